The number of carbonyl (C=O) groups excluding carboxylic acids is 2. The van der Waals surface area contributed by atoms with Crippen molar-refractivity contribution >= 4 is 46.6 Å². The molecule has 0 bridgehead atoms. The van der Waals surface area contributed by atoms with E-state index in [-0.39, 0.29) is 16.6 Å². The van der Waals surface area contributed by atoms with Crippen LogP contribution in [0.1, 0.15) is 26.3 Å². The highest BCUT2D eigenvalue weighted by molar-refractivity contribution is 6.32. The smallest absolute Gasteiger partial charge is 0.288 e. The molecular weight excluding hydrogens is 382 g/mol. The Hall–Kier alpha value is -3.19. The number of benzene rings is 2. The monoisotopic (exact) mass is 401 g/mol. The van der Waals surface area contributed by atoms with Gasteiger partial charge in [-0.05, 0) is 35.9 Å². The number of nitrogens with zero attached hydrogens (tertiary/aromatic N) is 1. The van der Waals surface area contributed by atoms with Crippen molar-refractivity contribution in [2.45, 2.75) is 20.8 Å². The standard InChI is InChI=1S/C20H20ClN3O4/c1-20(2,3)19(26)23-15-6-4-5-14(12-15)22-18(25)10-8-13-7-9-16(21)17(11-13)24(27)28/h4-12H,1-3H3,(H,22,25)(H,23,26). The van der Waals surface area contributed by atoms with E-state index < -0.39 is 16.2 Å². The Labute approximate surface area is 167 Å². The number of hydrogen-bond donors (Lipinski definition) is 2. The molecule has 2 aromatic rings. The van der Waals surface area contributed by atoms with Gasteiger partial charge in [0.2, 0.25) is 11.8 Å². The van der Waals surface area contributed by atoms with Gasteiger partial charge < -0.3 is 10.6 Å². The zero-order valence-corrected chi connectivity index (χ0v) is 16.4. The average molecular weight is 402 g/mol. The van der Waals surface area contributed by atoms with E-state index in [4.69, 9.17) is 11.6 Å². The topological polar surface area (TPSA) is 101 Å². The van der Waals surface area contributed by atoms with Crippen molar-refractivity contribution in [2.75, 3.05) is 10.6 Å². The Bertz CT molecular complexity index is 949. The van der Waals surface area contributed by atoms with Crippen LogP contribution in [0.3, 0.4) is 0 Å². The van der Waals surface area contributed by atoms with Crippen molar-refractivity contribution in [3.8, 4) is 0 Å². The van der Waals surface area contributed by atoms with Gasteiger partial charge in [0, 0.05) is 28.9 Å². The van der Waals surface area contributed by atoms with Crippen molar-refractivity contribution < 1.29 is 14.5 Å². The number of anilines is 2. The van der Waals surface area contributed by atoms with Crippen LogP contribution >= 0.6 is 11.6 Å². The molecule has 0 aliphatic heterocycles. The van der Waals surface area contributed by atoms with Gasteiger partial charge in [-0.15, -0.1) is 0 Å². The van der Waals surface area contributed by atoms with Gasteiger partial charge in [0.1, 0.15) is 5.02 Å². The highest BCUT2D eigenvalue weighted by Crippen LogP contribution is 2.25. The molecule has 7 nitrogen and oxygen atoms in total. The molecule has 0 aromatic heterocycles. The highest BCUT2D eigenvalue weighted by atomic mass is 35.5. The SMILES string of the molecule is CC(C)(C)C(=O)Nc1cccc(NC(=O)C=Cc2ccc(Cl)c([N+](=O)[O-])c2)c1. The lowest BCUT2D eigenvalue weighted by Gasteiger charge is -2.18. The Balaban J connectivity index is 2.06. The molecule has 0 unspecified atom stereocenters. The second-order valence-electron chi connectivity index (χ2n) is 7.08. The summed E-state index contributed by atoms with van der Waals surface area (Å²) in [4.78, 5) is 34.5. The van der Waals surface area contributed by atoms with Crippen molar-refractivity contribution in [3.05, 3.63) is 69.2 Å². The molecule has 0 aliphatic rings. The summed E-state index contributed by atoms with van der Waals surface area (Å²) in [6.07, 6.45) is 2.71. The molecule has 28 heavy (non-hydrogen) atoms. The van der Waals surface area contributed by atoms with E-state index in [1.165, 1.54) is 24.3 Å². The minimum atomic E-state index is -0.586. The molecular formula is C20H20ClN3O4. The molecule has 2 aromatic carbocycles. The molecule has 0 fully saturated rings. The normalized spacial score (nSPS) is 11.3. The van der Waals surface area contributed by atoms with Crippen LogP contribution in [0.5, 0.6) is 0 Å². The second-order valence-corrected chi connectivity index (χ2v) is 7.48. The van der Waals surface area contributed by atoms with E-state index >= 15 is 0 Å². The fraction of sp³-hybridized carbons (Fsp3) is 0.200. The molecule has 0 spiro atoms. The third kappa shape index (κ3) is 5.92. The quantitative estimate of drug-likeness (QED) is 0.423. The largest absolute Gasteiger partial charge is 0.326 e. The van der Waals surface area contributed by atoms with Gasteiger partial charge in [0.15, 0.2) is 0 Å². The number of hydrogen-bond acceptors (Lipinski definition) is 4. The van der Waals surface area contributed by atoms with Crippen LogP contribution in [0, 0.1) is 15.5 Å². The van der Waals surface area contributed by atoms with E-state index in [2.05, 4.69) is 10.6 Å². The van der Waals surface area contributed by atoms with Gasteiger partial charge in [-0.1, -0.05) is 44.5 Å². The van der Waals surface area contributed by atoms with E-state index in [0.717, 1.165) is 0 Å². The maximum absolute atomic E-state index is 12.1. The zero-order valence-electron chi connectivity index (χ0n) is 15.7. The van der Waals surface area contributed by atoms with Gasteiger partial charge in [-0.25, -0.2) is 0 Å². The Morgan fingerprint density at radius 3 is 2.32 bits per heavy atom. The molecule has 0 atom stereocenters. The summed E-state index contributed by atoms with van der Waals surface area (Å²) in [6.45, 7) is 5.42. The van der Waals surface area contributed by atoms with Crippen LogP contribution in [0.15, 0.2) is 48.5 Å². The maximum Gasteiger partial charge on any atom is 0.288 e. The molecule has 0 saturated carbocycles. The summed E-state index contributed by atoms with van der Waals surface area (Å²) in [7, 11) is 0. The van der Waals surface area contributed by atoms with Gasteiger partial charge in [-0.2, -0.15) is 0 Å². The van der Waals surface area contributed by atoms with Crippen LogP contribution in [0.2, 0.25) is 5.02 Å². The molecule has 0 heterocycles. The van der Waals surface area contributed by atoms with Crippen molar-refractivity contribution in [1.82, 2.24) is 0 Å². The number of halogens is 1. The maximum atomic E-state index is 12.1. The summed E-state index contributed by atoms with van der Waals surface area (Å²) in [5, 5.41) is 16.4. The molecule has 8 heteroatoms. The Morgan fingerprint density at radius 1 is 1.07 bits per heavy atom. The number of nitrogens with one attached hydrogen (secondary N) is 2. The molecule has 0 aliphatic carbocycles. The number of carbonyl (C=O) groups is 2. The third-order valence-electron chi connectivity index (χ3n) is 3.66. The molecule has 146 valence electrons. The second kappa shape index (κ2) is 8.67. The van der Waals surface area contributed by atoms with Gasteiger partial charge in [-0.3, -0.25) is 19.7 Å². The number of nitro benzene ring substituents is 1. The van der Waals surface area contributed by atoms with Crippen molar-refractivity contribution in [3.63, 3.8) is 0 Å². The van der Waals surface area contributed by atoms with E-state index in [1.807, 2.05) is 0 Å². The summed E-state index contributed by atoms with van der Waals surface area (Å²) in [5.41, 5.74) is 0.769. The van der Waals surface area contributed by atoms with Crippen LogP contribution in [0.4, 0.5) is 17.1 Å². The van der Waals surface area contributed by atoms with Gasteiger partial charge in [0.05, 0.1) is 4.92 Å². The van der Waals surface area contributed by atoms with Crippen LogP contribution in [-0.4, -0.2) is 16.7 Å². The Kier molecular flexibility index (Phi) is 6.53. The lowest BCUT2D eigenvalue weighted by molar-refractivity contribution is -0.384. The molecule has 0 saturated heterocycles. The first-order valence-corrected chi connectivity index (χ1v) is 8.78. The van der Waals surface area contributed by atoms with Crippen LogP contribution in [0.25, 0.3) is 6.08 Å². The molecule has 2 rings (SSSR count). The van der Waals surface area contributed by atoms with E-state index in [9.17, 15) is 19.7 Å². The fourth-order valence-corrected chi connectivity index (χ4v) is 2.31. The lowest BCUT2D eigenvalue weighted by Crippen LogP contribution is -2.27. The van der Waals surface area contributed by atoms with Crippen molar-refractivity contribution in [1.29, 1.82) is 0 Å². The predicted molar refractivity (Wildman–Crippen MR) is 110 cm³/mol. The van der Waals surface area contributed by atoms with Crippen LogP contribution < -0.4 is 10.6 Å². The highest BCUT2D eigenvalue weighted by Gasteiger charge is 2.21. The van der Waals surface area contributed by atoms with Crippen molar-refractivity contribution in [2.24, 2.45) is 5.41 Å². The first kappa shape index (κ1) is 21.1. The zero-order chi connectivity index (χ0) is 20.9. The van der Waals surface area contributed by atoms with Gasteiger partial charge in [0.25, 0.3) is 5.69 Å². The molecule has 2 amide bonds. The Morgan fingerprint density at radius 2 is 1.71 bits per heavy atom. The van der Waals surface area contributed by atoms with E-state index in [1.54, 1.807) is 51.1 Å². The molecule has 2 N–H and O–H groups in total. The number of rotatable bonds is 5. The lowest BCUT2D eigenvalue weighted by atomic mass is 9.95. The fourth-order valence-electron chi connectivity index (χ4n) is 2.12. The summed E-state index contributed by atoms with van der Waals surface area (Å²) < 4.78 is 0. The van der Waals surface area contributed by atoms with E-state index in [0.29, 0.717) is 16.9 Å². The predicted octanol–water partition coefficient (Wildman–Crippen LogP) is 4.88. The third-order valence-corrected chi connectivity index (χ3v) is 3.98. The number of nitro groups is 1. The minimum Gasteiger partial charge on any atom is -0.326 e. The summed E-state index contributed by atoms with van der Waals surface area (Å²) in [5.74, 6) is -0.558. The molecule has 0 radical (unpaired) electrons. The minimum absolute atomic E-state index is 0.0284. The number of amides is 2. The van der Waals surface area contributed by atoms with Gasteiger partial charge >= 0.3 is 0 Å². The summed E-state index contributed by atoms with van der Waals surface area (Å²) in [6, 6.07) is 11.0. The summed E-state index contributed by atoms with van der Waals surface area (Å²) >= 11 is 5.77. The first-order chi connectivity index (χ1) is 13.1. The first-order valence-electron chi connectivity index (χ1n) is 8.41. The van der Waals surface area contributed by atoms with Crippen LogP contribution in [-0.2, 0) is 9.59 Å². The average Bonchev–Trinajstić information content (AvgIpc) is 2.60.